The SMILES string of the molecule is COc1cc(C2CCC([C@@H](C)C(=O)Cc3ccc(Cl)cc3)CC2)ccn1. The van der Waals surface area contributed by atoms with Gasteiger partial charge in [-0.2, -0.15) is 0 Å². The van der Waals surface area contributed by atoms with Gasteiger partial charge in [-0.1, -0.05) is 30.7 Å². The van der Waals surface area contributed by atoms with Gasteiger partial charge in [0.05, 0.1) is 7.11 Å². The number of carbonyl (C=O) groups is 1. The summed E-state index contributed by atoms with van der Waals surface area (Å²) in [5, 5.41) is 0.709. The zero-order valence-electron chi connectivity index (χ0n) is 15.5. The minimum atomic E-state index is 0.110. The first-order valence-corrected chi connectivity index (χ1v) is 9.71. The predicted molar refractivity (Wildman–Crippen MR) is 105 cm³/mol. The Hall–Kier alpha value is -1.87. The molecule has 0 unspecified atom stereocenters. The minimum absolute atomic E-state index is 0.110. The van der Waals surface area contributed by atoms with Crippen LogP contribution in [-0.2, 0) is 11.2 Å². The number of nitrogens with zero attached hydrogens (tertiary/aromatic N) is 1. The van der Waals surface area contributed by atoms with Gasteiger partial charge in [0.2, 0.25) is 5.88 Å². The summed E-state index contributed by atoms with van der Waals surface area (Å²) in [6, 6.07) is 11.7. The van der Waals surface area contributed by atoms with E-state index < -0.39 is 0 Å². The molecule has 1 aromatic heterocycles. The number of methoxy groups -OCH3 is 1. The average molecular weight is 372 g/mol. The topological polar surface area (TPSA) is 39.2 Å². The van der Waals surface area contributed by atoms with E-state index in [9.17, 15) is 4.79 Å². The highest BCUT2D eigenvalue weighted by atomic mass is 35.5. The predicted octanol–water partition coefficient (Wildman–Crippen LogP) is 5.47. The van der Waals surface area contributed by atoms with Crippen molar-refractivity contribution in [3.8, 4) is 5.88 Å². The van der Waals surface area contributed by atoms with E-state index in [2.05, 4.69) is 18.0 Å². The van der Waals surface area contributed by atoms with Crippen molar-refractivity contribution in [1.29, 1.82) is 0 Å². The standard InChI is InChI=1S/C22H26ClNO2/c1-15(21(25)13-16-3-9-20(23)10-4-16)17-5-7-18(8-6-17)19-11-12-24-22(14-19)26-2/h3-4,9-12,14-15,17-18H,5-8,13H2,1-2H3/t15-,17?,18?/m1/s1. The van der Waals surface area contributed by atoms with Crippen LogP contribution in [0.25, 0.3) is 0 Å². The van der Waals surface area contributed by atoms with Gasteiger partial charge in [0.15, 0.2) is 0 Å². The van der Waals surface area contributed by atoms with Gasteiger partial charge >= 0.3 is 0 Å². The van der Waals surface area contributed by atoms with Crippen molar-refractivity contribution in [2.24, 2.45) is 11.8 Å². The lowest BCUT2D eigenvalue weighted by Gasteiger charge is -2.32. The summed E-state index contributed by atoms with van der Waals surface area (Å²) >= 11 is 5.92. The monoisotopic (exact) mass is 371 g/mol. The van der Waals surface area contributed by atoms with E-state index >= 15 is 0 Å². The summed E-state index contributed by atoms with van der Waals surface area (Å²) in [7, 11) is 1.65. The average Bonchev–Trinajstić information content (AvgIpc) is 2.69. The van der Waals surface area contributed by atoms with Gasteiger partial charge in [-0.05, 0) is 66.8 Å². The Balaban J connectivity index is 1.55. The number of benzene rings is 1. The number of hydrogen-bond acceptors (Lipinski definition) is 3. The lowest BCUT2D eigenvalue weighted by Crippen LogP contribution is -2.26. The Morgan fingerprint density at radius 3 is 2.54 bits per heavy atom. The second kappa shape index (κ2) is 8.68. The summed E-state index contributed by atoms with van der Waals surface area (Å²) in [4.78, 5) is 16.9. The lowest BCUT2D eigenvalue weighted by atomic mass is 9.73. The van der Waals surface area contributed by atoms with E-state index in [0.717, 1.165) is 31.2 Å². The summed E-state index contributed by atoms with van der Waals surface area (Å²) in [5.74, 6) is 2.15. The molecule has 2 aromatic rings. The van der Waals surface area contributed by atoms with Crippen molar-refractivity contribution < 1.29 is 9.53 Å². The van der Waals surface area contributed by atoms with Gasteiger partial charge in [-0.3, -0.25) is 4.79 Å². The van der Waals surface area contributed by atoms with Crippen molar-refractivity contribution >= 4 is 17.4 Å². The number of rotatable bonds is 6. The van der Waals surface area contributed by atoms with Crippen LogP contribution in [0.15, 0.2) is 42.6 Å². The third-order valence-electron chi connectivity index (χ3n) is 5.72. The van der Waals surface area contributed by atoms with Gasteiger partial charge < -0.3 is 4.74 Å². The molecular weight excluding hydrogens is 346 g/mol. The number of hydrogen-bond donors (Lipinski definition) is 0. The van der Waals surface area contributed by atoms with Gasteiger partial charge in [-0.15, -0.1) is 0 Å². The second-order valence-electron chi connectivity index (χ2n) is 7.30. The molecule has 1 aliphatic carbocycles. The molecule has 1 atom stereocenters. The number of ether oxygens (including phenoxy) is 1. The van der Waals surface area contributed by atoms with Crippen molar-refractivity contribution in [2.75, 3.05) is 7.11 Å². The highest BCUT2D eigenvalue weighted by molar-refractivity contribution is 6.30. The Morgan fingerprint density at radius 1 is 1.19 bits per heavy atom. The fraction of sp³-hybridized carbons (Fsp3) is 0.455. The van der Waals surface area contributed by atoms with E-state index in [1.807, 2.05) is 36.5 Å². The Labute approximate surface area is 160 Å². The fourth-order valence-corrected chi connectivity index (χ4v) is 4.10. The van der Waals surface area contributed by atoms with Crippen LogP contribution in [0, 0.1) is 11.8 Å². The third kappa shape index (κ3) is 4.64. The molecule has 1 saturated carbocycles. The van der Waals surface area contributed by atoms with E-state index in [0.29, 0.717) is 34.9 Å². The quantitative estimate of drug-likeness (QED) is 0.676. The zero-order chi connectivity index (χ0) is 18.5. The molecule has 0 bridgehead atoms. The van der Waals surface area contributed by atoms with Gasteiger partial charge in [0.1, 0.15) is 5.78 Å². The first kappa shape index (κ1) is 18.9. The van der Waals surface area contributed by atoms with E-state index in [1.165, 1.54) is 5.56 Å². The molecule has 3 rings (SSSR count). The van der Waals surface area contributed by atoms with Crippen molar-refractivity contribution in [2.45, 2.75) is 44.9 Å². The molecule has 1 fully saturated rings. The second-order valence-corrected chi connectivity index (χ2v) is 7.74. The molecule has 1 heterocycles. The number of carbonyl (C=O) groups excluding carboxylic acids is 1. The molecule has 4 heteroatoms. The van der Waals surface area contributed by atoms with Crippen molar-refractivity contribution in [3.05, 3.63) is 58.7 Å². The maximum atomic E-state index is 12.7. The number of halogens is 1. The van der Waals surface area contributed by atoms with Crippen LogP contribution >= 0.6 is 11.6 Å². The molecule has 0 aliphatic heterocycles. The van der Waals surface area contributed by atoms with Crippen LogP contribution < -0.4 is 4.74 Å². The van der Waals surface area contributed by atoms with Crippen molar-refractivity contribution in [3.63, 3.8) is 0 Å². The fourth-order valence-electron chi connectivity index (χ4n) is 3.97. The first-order valence-electron chi connectivity index (χ1n) is 9.34. The van der Waals surface area contributed by atoms with E-state index in [4.69, 9.17) is 16.3 Å². The molecule has 0 spiro atoms. The normalized spacial score (nSPS) is 21.2. The third-order valence-corrected chi connectivity index (χ3v) is 5.97. The summed E-state index contributed by atoms with van der Waals surface area (Å²) in [6.45, 7) is 2.10. The molecule has 0 saturated heterocycles. The Bertz CT molecular complexity index is 736. The lowest BCUT2D eigenvalue weighted by molar-refractivity contribution is -0.123. The number of aromatic nitrogens is 1. The minimum Gasteiger partial charge on any atom is -0.481 e. The highest BCUT2D eigenvalue weighted by Gasteiger charge is 2.29. The van der Waals surface area contributed by atoms with E-state index in [-0.39, 0.29) is 5.92 Å². The van der Waals surface area contributed by atoms with Crippen LogP contribution in [0.1, 0.15) is 49.7 Å². The van der Waals surface area contributed by atoms with Gasteiger partial charge in [-0.25, -0.2) is 4.98 Å². The molecule has 0 radical (unpaired) electrons. The van der Waals surface area contributed by atoms with Crippen molar-refractivity contribution in [1.82, 2.24) is 4.98 Å². The number of ketones is 1. The van der Waals surface area contributed by atoms with Crippen LogP contribution in [0.3, 0.4) is 0 Å². The summed E-state index contributed by atoms with van der Waals surface area (Å²) in [5.41, 5.74) is 2.35. The largest absolute Gasteiger partial charge is 0.481 e. The molecule has 1 aliphatic rings. The molecule has 0 amide bonds. The number of Topliss-reactive ketones (excluding diaryl/α,β-unsaturated/α-hetero) is 1. The number of pyridine rings is 1. The smallest absolute Gasteiger partial charge is 0.213 e. The molecule has 138 valence electrons. The first-order chi connectivity index (χ1) is 12.6. The molecule has 0 N–H and O–H groups in total. The molecular formula is C22H26ClNO2. The molecule has 3 nitrogen and oxygen atoms in total. The Kier molecular flexibility index (Phi) is 6.31. The van der Waals surface area contributed by atoms with Gasteiger partial charge in [0.25, 0.3) is 0 Å². The van der Waals surface area contributed by atoms with E-state index in [1.54, 1.807) is 7.11 Å². The van der Waals surface area contributed by atoms with Crippen LogP contribution in [0.2, 0.25) is 5.02 Å². The maximum Gasteiger partial charge on any atom is 0.213 e. The zero-order valence-corrected chi connectivity index (χ0v) is 16.2. The molecule has 1 aromatic carbocycles. The van der Waals surface area contributed by atoms with Crippen LogP contribution in [0.4, 0.5) is 0 Å². The van der Waals surface area contributed by atoms with Gasteiger partial charge in [0, 0.05) is 29.6 Å². The Morgan fingerprint density at radius 2 is 1.88 bits per heavy atom. The van der Waals surface area contributed by atoms with Crippen LogP contribution in [0.5, 0.6) is 5.88 Å². The molecule has 26 heavy (non-hydrogen) atoms. The summed E-state index contributed by atoms with van der Waals surface area (Å²) in [6.07, 6.45) is 6.76. The maximum absolute atomic E-state index is 12.7. The highest BCUT2D eigenvalue weighted by Crippen LogP contribution is 2.39. The summed E-state index contributed by atoms with van der Waals surface area (Å²) < 4.78 is 5.24. The van der Waals surface area contributed by atoms with Crippen LogP contribution in [-0.4, -0.2) is 17.9 Å².